The van der Waals surface area contributed by atoms with Crippen molar-refractivity contribution in [1.29, 1.82) is 10.8 Å². The summed E-state index contributed by atoms with van der Waals surface area (Å²) in [5, 5.41) is 173. The van der Waals surface area contributed by atoms with Gasteiger partial charge in [0.2, 0.25) is 41.7 Å². The molecule has 37 nitrogen and oxygen atoms in total. The summed E-state index contributed by atoms with van der Waals surface area (Å²) in [5.74, 6) is -8.94. The van der Waals surface area contributed by atoms with Gasteiger partial charge >= 0.3 is 0 Å². The van der Waals surface area contributed by atoms with E-state index in [4.69, 9.17) is 44.0 Å². The van der Waals surface area contributed by atoms with Gasteiger partial charge in [0.15, 0.2) is 30.7 Å². The van der Waals surface area contributed by atoms with E-state index in [-0.39, 0.29) is 36.3 Å². The number of nitrogens with zero attached hydrogens (tertiary/aromatic N) is 1. The first kappa shape index (κ1) is 75.8. The van der Waals surface area contributed by atoms with Gasteiger partial charge in [-0.3, -0.25) is 39.6 Å². The van der Waals surface area contributed by atoms with Gasteiger partial charge in [-0.25, -0.2) is 0 Å². The lowest BCUT2D eigenvalue weighted by molar-refractivity contribution is -0.383. The zero-order valence-electron chi connectivity index (χ0n) is 54.9. The molecular weight excluding hydrogens is 1340 g/mol. The molecule has 7 aliphatic heterocycles. The molecular formula is C64H88N12O25. The summed E-state index contributed by atoms with van der Waals surface area (Å²) in [6.07, 6.45) is -30.8. The zero-order chi connectivity index (χ0) is 72.8. The molecule has 0 radical (unpaired) electrons. The summed E-state index contributed by atoms with van der Waals surface area (Å²) in [6.45, 7) is 0.997. The van der Waals surface area contributed by atoms with Crippen molar-refractivity contribution in [1.82, 2.24) is 52.8 Å². The minimum Gasteiger partial charge on any atom is -0.462 e. The first-order chi connectivity index (χ1) is 48.2. The van der Waals surface area contributed by atoms with E-state index in [9.17, 15) is 80.5 Å². The number of fused-ring (bicyclic) bond motifs is 1. The standard InChI is InChI=1S/C64H88N12O25/c1-25(2)28-11-13-30(14-12-28)60-95-24-38-53(100-60)48(86)51(89)62(99-38)101-52-37(23-79)98-61(50(88)47(52)85)96-31-15-9-27(10-16-31)17-32-55(91)74-41(43(81)33-18-68-63(65)72-33)58(94)75-42(44(82)35-19-69-64(66)76(35)59-49(87)46(84)45(83)36(22-78)97-59)57(93)71-34(21-77)54(90)67-20-39(80)73-40(56(92)70-32)26(3)29-7-5-4-6-8-29/h4-16,25-26,32-38,40-53,59-62,77-79,81-89H,17-24H2,1-3H3,(H2,66,69)(H,67,90)(H,70,92)(H,71,93)(H,73,80)(H,74,91)(H,75,94)(H3,65,68,72). The molecule has 3 aromatic rings. The van der Waals surface area contributed by atoms with E-state index in [1.54, 1.807) is 37.3 Å². The average Bonchev–Trinajstić information content (AvgIpc) is 1.75. The third kappa shape index (κ3) is 16.9. The van der Waals surface area contributed by atoms with Crippen molar-refractivity contribution in [2.75, 3.05) is 46.1 Å². The molecule has 0 saturated carbocycles. The fraction of sp³-hybridized carbons (Fsp3) is 0.594. The van der Waals surface area contributed by atoms with Crippen molar-refractivity contribution in [2.45, 2.75) is 192 Å². The molecule has 0 bridgehead atoms. The van der Waals surface area contributed by atoms with Crippen LogP contribution in [0.15, 0.2) is 78.9 Å². The van der Waals surface area contributed by atoms with Gasteiger partial charge in [0.1, 0.15) is 121 Å². The van der Waals surface area contributed by atoms with E-state index in [0.29, 0.717) is 11.1 Å². The Kier molecular flexibility index (Phi) is 24.8. The van der Waals surface area contributed by atoms with E-state index >= 15 is 9.59 Å². The maximum Gasteiger partial charge on any atom is 0.246 e. The fourth-order valence-electron chi connectivity index (χ4n) is 13.0. The molecule has 7 saturated heterocycles. The van der Waals surface area contributed by atoms with Gasteiger partial charge in [0.25, 0.3) is 0 Å². The molecule has 6 amide bonds. The molecule has 7 fully saturated rings. The van der Waals surface area contributed by atoms with Crippen LogP contribution in [0.1, 0.15) is 61.2 Å². The van der Waals surface area contributed by atoms with E-state index in [2.05, 4.69) is 47.9 Å². The Morgan fingerprint density at radius 2 is 1.21 bits per heavy atom. The molecule has 7 heterocycles. The number of carbonyl (C=O) groups excluding carboxylic acids is 6. The highest BCUT2D eigenvalue weighted by Crippen LogP contribution is 2.37. The van der Waals surface area contributed by atoms with Crippen LogP contribution >= 0.6 is 0 Å². The van der Waals surface area contributed by atoms with Gasteiger partial charge in [-0.1, -0.05) is 87.5 Å². The van der Waals surface area contributed by atoms with Gasteiger partial charge in [0.05, 0.1) is 45.1 Å². The second kappa shape index (κ2) is 33.0. The Morgan fingerprint density at radius 3 is 1.86 bits per heavy atom. The van der Waals surface area contributed by atoms with Crippen LogP contribution in [-0.4, -0.2) is 306 Å². The molecule has 10 rings (SSSR count). The lowest BCUT2D eigenvalue weighted by atomic mass is 9.92. The maximum atomic E-state index is 15.2. The maximum absolute atomic E-state index is 15.2. The largest absolute Gasteiger partial charge is 0.462 e. The van der Waals surface area contributed by atoms with Crippen molar-refractivity contribution in [3.8, 4) is 5.75 Å². The number of ether oxygens (including phenoxy) is 7. The molecule has 0 spiro atoms. The number of amides is 6. The highest BCUT2D eigenvalue weighted by Gasteiger charge is 2.56. The highest BCUT2D eigenvalue weighted by molar-refractivity contribution is 5.98. The van der Waals surface area contributed by atoms with Crippen LogP contribution < -0.4 is 52.6 Å². The molecule has 3 aromatic carbocycles. The number of rotatable bonds is 18. The normalized spacial score (nSPS) is 36.4. The minimum atomic E-state index is -2.36. The first-order valence-corrected chi connectivity index (χ1v) is 32.9. The quantitative estimate of drug-likeness (QED) is 0.0562. The summed E-state index contributed by atoms with van der Waals surface area (Å²) in [5.41, 5.74) is 2.48. The molecule has 26 atom stereocenters. The summed E-state index contributed by atoms with van der Waals surface area (Å²) in [7, 11) is 0. The molecule has 0 aliphatic carbocycles. The van der Waals surface area contributed by atoms with Crippen LogP contribution in [0.3, 0.4) is 0 Å². The number of carbonyl (C=O) groups is 6. The predicted octanol–water partition coefficient (Wildman–Crippen LogP) is -9.31. The van der Waals surface area contributed by atoms with Crippen molar-refractivity contribution in [2.24, 2.45) is 0 Å². The molecule has 37 heteroatoms. The smallest absolute Gasteiger partial charge is 0.246 e. The Morgan fingerprint density at radius 1 is 0.564 bits per heavy atom. The minimum absolute atomic E-state index is 0.0480. The van der Waals surface area contributed by atoms with Crippen LogP contribution in [-0.2, 0) is 63.6 Å². The van der Waals surface area contributed by atoms with Crippen LogP contribution in [0.5, 0.6) is 5.75 Å². The summed E-state index contributed by atoms with van der Waals surface area (Å²) < 4.78 is 41.5. The van der Waals surface area contributed by atoms with Crippen LogP contribution in [0, 0.1) is 10.8 Å². The summed E-state index contributed by atoms with van der Waals surface area (Å²) in [4.78, 5) is 88.4. The van der Waals surface area contributed by atoms with Crippen molar-refractivity contribution < 1.29 is 123 Å². The zero-order valence-corrected chi connectivity index (χ0v) is 54.9. The SMILES string of the molecule is CC(C)c1ccc(C2OCC3OC(OC4C(CO)OC(Oc5ccc(CC6NC(=O)C(C(C)c7ccccc7)NC(=O)CNC(=O)C(CO)NC(=O)C(C(O)C7CNC(=N)N7C7OC(CO)C(O)C(O)C7O)NC(=O)C(C(O)C7CNC(=N)N7)NC6=O)cc5)C(O)C4O)C(O)C(O)C3O2)cc1. The van der Waals surface area contributed by atoms with E-state index in [1.807, 2.05) is 38.1 Å². The van der Waals surface area contributed by atoms with Gasteiger partial charge in [-0.2, -0.15) is 0 Å². The second-order valence-corrected chi connectivity index (χ2v) is 26.0. The number of nitrogens with one attached hydrogen (secondary N) is 11. The third-order valence-corrected chi connectivity index (χ3v) is 18.9. The van der Waals surface area contributed by atoms with E-state index in [0.717, 1.165) is 10.5 Å². The third-order valence-electron chi connectivity index (χ3n) is 18.9. The lowest BCUT2D eigenvalue weighted by Gasteiger charge is -2.48. The Labute approximate surface area is 577 Å². The van der Waals surface area contributed by atoms with Gasteiger partial charge in [-0.15, -0.1) is 0 Å². The molecule has 101 heavy (non-hydrogen) atoms. The highest BCUT2D eigenvalue weighted by atomic mass is 16.8. The number of benzene rings is 3. The average molecular weight is 1430 g/mol. The number of aliphatic hydroxyl groups is 12. The molecule has 554 valence electrons. The van der Waals surface area contributed by atoms with Crippen LogP contribution in [0.4, 0.5) is 0 Å². The van der Waals surface area contributed by atoms with Gasteiger partial charge < -0.3 is 147 Å². The van der Waals surface area contributed by atoms with Crippen LogP contribution in [0.2, 0.25) is 0 Å². The Bertz CT molecular complexity index is 3390. The molecule has 26 unspecified atom stereocenters. The van der Waals surface area contributed by atoms with Crippen molar-refractivity contribution in [3.63, 3.8) is 0 Å². The number of hydrogen-bond donors (Lipinski definition) is 23. The number of hydrogen-bond acceptors (Lipinski definition) is 27. The van der Waals surface area contributed by atoms with Crippen molar-refractivity contribution in [3.05, 3.63) is 101 Å². The molecule has 7 aliphatic rings. The topological polar surface area (TPSA) is 569 Å². The van der Waals surface area contributed by atoms with E-state index < -0.39 is 239 Å². The second-order valence-electron chi connectivity index (χ2n) is 26.0. The Hall–Kier alpha value is -7.90. The van der Waals surface area contributed by atoms with Crippen molar-refractivity contribution >= 4 is 47.4 Å². The predicted molar refractivity (Wildman–Crippen MR) is 343 cm³/mol. The molecule has 23 N–H and O–H groups in total. The van der Waals surface area contributed by atoms with Crippen LogP contribution in [0.25, 0.3) is 0 Å². The number of aliphatic hydroxyl groups excluding tert-OH is 12. The fourth-order valence-corrected chi connectivity index (χ4v) is 13.0. The van der Waals surface area contributed by atoms with Gasteiger partial charge in [-0.05, 0) is 34.7 Å². The monoisotopic (exact) mass is 1420 g/mol. The molecule has 0 aromatic heterocycles. The summed E-state index contributed by atoms with van der Waals surface area (Å²) >= 11 is 0. The summed E-state index contributed by atoms with van der Waals surface area (Å²) in [6, 6.07) is 8.45. The Balaban J connectivity index is 0.900. The van der Waals surface area contributed by atoms with Gasteiger partial charge in [0, 0.05) is 31.0 Å². The first-order valence-electron chi connectivity index (χ1n) is 32.9. The lowest BCUT2D eigenvalue weighted by Crippen LogP contribution is -2.69. The number of guanidine groups is 2. The van der Waals surface area contributed by atoms with E-state index in [1.165, 1.54) is 24.3 Å².